The second-order valence-electron chi connectivity index (χ2n) is 6.75. The first-order chi connectivity index (χ1) is 12.3. The number of fused-ring (bicyclic) bond motifs is 1. The Balaban J connectivity index is 1.76. The van der Waals surface area contributed by atoms with Crippen molar-refractivity contribution in [2.45, 2.75) is 20.0 Å². The van der Waals surface area contributed by atoms with Crippen molar-refractivity contribution in [1.82, 2.24) is 15.3 Å². The van der Waals surface area contributed by atoms with Gasteiger partial charge >= 0.3 is 0 Å². The Morgan fingerprint density at radius 1 is 1.23 bits per heavy atom. The number of hydrazine groups is 1. The molecule has 2 amide bonds. The molecule has 2 heterocycles. The third-order valence-electron chi connectivity index (χ3n) is 4.66. The van der Waals surface area contributed by atoms with E-state index in [0.29, 0.717) is 17.0 Å². The smallest absolute Gasteiger partial charge is 0.268 e. The number of rotatable bonds is 4. The van der Waals surface area contributed by atoms with Crippen LogP contribution in [0.2, 0.25) is 0 Å². The molecule has 1 unspecified atom stereocenters. The fourth-order valence-electron chi connectivity index (χ4n) is 3.06. The highest BCUT2D eigenvalue weighted by Gasteiger charge is 2.33. The van der Waals surface area contributed by atoms with Gasteiger partial charge in [0, 0.05) is 31.7 Å². The van der Waals surface area contributed by atoms with E-state index in [0.717, 1.165) is 26.2 Å². The van der Waals surface area contributed by atoms with E-state index in [4.69, 9.17) is 4.74 Å². The zero-order valence-electron chi connectivity index (χ0n) is 15.3. The molecule has 0 aliphatic carbocycles. The Bertz CT molecular complexity index is 728. The summed E-state index contributed by atoms with van der Waals surface area (Å²) in [5.74, 6) is -0.182. The molecule has 1 aromatic rings. The van der Waals surface area contributed by atoms with Gasteiger partial charge in [-0.25, -0.2) is 5.01 Å². The molecule has 1 aromatic carbocycles. The molecule has 26 heavy (non-hydrogen) atoms. The van der Waals surface area contributed by atoms with Crippen LogP contribution >= 0.6 is 0 Å². The Kier molecular flexibility index (Phi) is 5.24. The first kappa shape index (κ1) is 18.3. The van der Waals surface area contributed by atoms with Crippen LogP contribution in [0.1, 0.15) is 24.2 Å². The number of ether oxygens (including phenoxy) is 1. The number of benzene rings is 1. The van der Waals surface area contributed by atoms with Crippen molar-refractivity contribution in [3.63, 3.8) is 0 Å². The highest BCUT2D eigenvalue weighted by atomic mass is 16.5. The van der Waals surface area contributed by atoms with E-state index in [-0.39, 0.29) is 24.1 Å². The number of anilines is 1. The number of hydrogen-bond donors (Lipinski definition) is 1. The van der Waals surface area contributed by atoms with E-state index in [2.05, 4.69) is 10.3 Å². The van der Waals surface area contributed by atoms with Crippen molar-refractivity contribution in [2.75, 3.05) is 44.7 Å². The quantitative estimate of drug-likeness (QED) is 0.777. The number of nitrogens with one attached hydrogen (secondary N) is 1. The number of nitrogens with zero attached hydrogens (tertiary/aromatic N) is 3. The zero-order valence-corrected chi connectivity index (χ0v) is 15.3. The van der Waals surface area contributed by atoms with Crippen LogP contribution in [0, 0.1) is 0 Å². The Morgan fingerprint density at radius 3 is 2.58 bits per heavy atom. The number of carbonyl (C=O) groups excluding carboxylic acids is 3. The lowest BCUT2D eigenvalue weighted by atomic mass is 10.1. The number of piperazine rings is 1. The number of carbonyl (C=O) groups is 3. The van der Waals surface area contributed by atoms with Gasteiger partial charge in [-0.2, -0.15) is 0 Å². The molecule has 8 nitrogen and oxygen atoms in total. The molecule has 0 saturated carbocycles. The molecular weight excluding hydrogens is 336 g/mol. The maximum atomic E-state index is 12.6. The van der Waals surface area contributed by atoms with E-state index >= 15 is 0 Å². The Hall–Kier alpha value is -2.45. The number of amides is 2. The predicted octanol–water partition coefficient (Wildman–Crippen LogP) is 0.282. The average molecular weight is 360 g/mol. The van der Waals surface area contributed by atoms with Gasteiger partial charge in [-0.1, -0.05) is 0 Å². The summed E-state index contributed by atoms with van der Waals surface area (Å²) in [5, 5.41) is 1.86. The van der Waals surface area contributed by atoms with Crippen LogP contribution in [0.5, 0.6) is 5.75 Å². The lowest BCUT2D eigenvalue weighted by Gasteiger charge is -2.35. The number of Topliss-reactive ketones (excluding diaryl/α,β-unsaturated/α-hetero) is 1. The zero-order chi connectivity index (χ0) is 18.8. The van der Waals surface area contributed by atoms with Gasteiger partial charge in [0.05, 0.1) is 5.69 Å². The molecule has 0 bridgehead atoms. The van der Waals surface area contributed by atoms with Crippen LogP contribution in [0.4, 0.5) is 5.69 Å². The molecule has 0 aromatic heterocycles. The first-order valence-electron chi connectivity index (χ1n) is 8.71. The minimum Gasteiger partial charge on any atom is -0.479 e. The van der Waals surface area contributed by atoms with Crippen molar-refractivity contribution >= 4 is 23.3 Å². The maximum absolute atomic E-state index is 12.6. The molecule has 1 N–H and O–H groups in total. The van der Waals surface area contributed by atoms with Gasteiger partial charge < -0.3 is 9.64 Å². The van der Waals surface area contributed by atoms with Crippen molar-refractivity contribution in [1.29, 1.82) is 0 Å². The summed E-state index contributed by atoms with van der Waals surface area (Å²) in [5.41, 5.74) is 3.78. The topological polar surface area (TPSA) is 82.2 Å². The average Bonchev–Trinajstić information content (AvgIpc) is 2.60. The van der Waals surface area contributed by atoms with E-state index in [1.165, 1.54) is 11.8 Å². The van der Waals surface area contributed by atoms with Gasteiger partial charge in [0.2, 0.25) is 0 Å². The normalized spacial score (nSPS) is 21.1. The SMILES string of the molecule is CC(=O)c1ccc2c(c1)N(CC(=O)NN1CCN(C)CC1)C(=O)C(C)O2. The summed E-state index contributed by atoms with van der Waals surface area (Å²) in [6.45, 7) is 6.21. The standard InChI is InChI=1S/C18H24N4O4/c1-12(23)14-4-5-16-15(10-14)22(18(25)13(2)26-16)11-17(24)19-21-8-6-20(3)7-9-21/h4-5,10,13H,6-9,11H2,1-3H3,(H,19,24). The second-order valence-corrected chi connectivity index (χ2v) is 6.75. The molecule has 1 fully saturated rings. The van der Waals surface area contributed by atoms with Gasteiger partial charge in [-0.05, 0) is 39.1 Å². The minimum atomic E-state index is -0.679. The van der Waals surface area contributed by atoms with Gasteiger partial charge in [-0.15, -0.1) is 0 Å². The highest BCUT2D eigenvalue weighted by molar-refractivity contribution is 6.05. The highest BCUT2D eigenvalue weighted by Crippen LogP contribution is 2.34. The number of hydrogen-bond acceptors (Lipinski definition) is 6. The minimum absolute atomic E-state index is 0.110. The molecule has 140 valence electrons. The lowest BCUT2D eigenvalue weighted by Crippen LogP contribution is -2.56. The Labute approximate surface area is 152 Å². The van der Waals surface area contributed by atoms with Gasteiger partial charge in [0.25, 0.3) is 11.8 Å². The van der Waals surface area contributed by atoms with Gasteiger partial charge in [-0.3, -0.25) is 24.7 Å². The van der Waals surface area contributed by atoms with Crippen LogP contribution in [0.3, 0.4) is 0 Å². The Morgan fingerprint density at radius 2 is 1.92 bits per heavy atom. The summed E-state index contributed by atoms with van der Waals surface area (Å²) >= 11 is 0. The fraction of sp³-hybridized carbons (Fsp3) is 0.500. The van der Waals surface area contributed by atoms with Crippen molar-refractivity contribution in [3.8, 4) is 5.75 Å². The van der Waals surface area contributed by atoms with E-state index < -0.39 is 6.10 Å². The monoisotopic (exact) mass is 360 g/mol. The van der Waals surface area contributed by atoms with Crippen molar-refractivity contribution < 1.29 is 19.1 Å². The second kappa shape index (κ2) is 7.43. The molecular formula is C18H24N4O4. The maximum Gasteiger partial charge on any atom is 0.268 e. The van der Waals surface area contributed by atoms with Gasteiger partial charge in [0.1, 0.15) is 12.3 Å². The largest absolute Gasteiger partial charge is 0.479 e. The van der Waals surface area contributed by atoms with E-state index in [1.807, 2.05) is 12.1 Å². The van der Waals surface area contributed by atoms with Crippen LogP contribution in [0.15, 0.2) is 18.2 Å². The van der Waals surface area contributed by atoms with Gasteiger partial charge in [0.15, 0.2) is 11.9 Å². The van der Waals surface area contributed by atoms with Crippen LogP contribution in [-0.2, 0) is 9.59 Å². The number of likely N-dealkylation sites (N-methyl/N-ethyl adjacent to an activating group) is 1. The van der Waals surface area contributed by atoms with Crippen molar-refractivity contribution in [3.05, 3.63) is 23.8 Å². The van der Waals surface area contributed by atoms with Crippen LogP contribution in [-0.4, -0.2) is 73.4 Å². The van der Waals surface area contributed by atoms with Crippen LogP contribution in [0.25, 0.3) is 0 Å². The molecule has 0 radical (unpaired) electrons. The predicted molar refractivity (Wildman–Crippen MR) is 96.1 cm³/mol. The summed E-state index contributed by atoms with van der Waals surface area (Å²) < 4.78 is 5.60. The summed E-state index contributed by atoms with van der Waals surface area (Å²) in [6.07, 6.45) is -0.679. The third-order valence-corrected chi connectivity index (χ3v) is 4.66. The molecule has 0 spiro atoms. The van der Waals surface area contributed by atoms with E-state index in [9.17, 15) is 14.4 Å². The molecule has 1 saturated heterocycles. The first-order valence-corrected chi connectivity index (χ1v) is 8.71. The summed E-state index contributed by atoms with van der Waals surface area (Å²) in [6, 6.07) is 4.93. The van der Waals surface area contributed by atoms with Crippen LogP contribution < -0.4 is 15.1 Å². The summed E-state index contributed by atoms with van der Waals surface area (Å²) in [4.78, 5) is 40.3. The molecule has 1 atom stereocenters. The molecule has 8 heteroatoms. The fourth-order valence-corrected chi connectivity index (χ4v) is 3.06. The number of ketones is 1. The van der Waals surface area contributed by atoms with E-state index in [1.54, 1.807) is 25.1 Å². The van der Waals surface area contributed by atoms with Crippen molar-refractivity contribution in [2.24, 2.45) is 0 Å². The summed E-state index contributed by atoms with van der Waals surface area (Å²) in [7, 11) is 2.04. The molecule has 2 aliphatic rings. The molecule has 2 aliphatic heterocycles. The third kappa shape index (κ3) is 3.86. The lowest BCUT2D eigenvalue weighted by molar-refractivity contribution is -0.130. The molecule has 3 rings (SSSR count).